The highest BCUT2D eigenvalue weighted by Crippen LogP contribution is 2.27. The quantitative estimate of drug-likeness (QED) is 0.834. The van der Waals surface area contributed by atoms with Crippen molar-refractivity contribution in [1.82, 2.24) is 9.80 Å². The Morgan fingerprint density at radius 3 is 2.42 bits per heavy atom. The summed E-state index contributed by atoms with van der Waals surface area (Å²) in [6.07, 6.45) is 2.48. The summed E-state index contributed by atoms with van der Waals surface area (Å²) < 4.78 is 5.35. The van der Waals surface area contributed by atoms with Crippen LogP contribution in [-0.2, 0) is 11.3 Å². The van der Waals surface area contributed by atoms with Crippen LogP contribution in [0.2, 0.25) is 0 Å². The van der Waals surface area contributed by atoms with E-state index in [0.717, 1.165) is 37.8 Å². The molecule has 1 saturated heterocycles. The van der Waals surface area contributed by atoms with Crippen molar-refractivity contribution in [1.29, 1.82) is 0 Å². The van der Waals surface area contributed by atoms with Crippen LogP contribution in [-0.4, -0.2) is 48.1 Å². The largest absolute Gasteiger partial charge is 0.445 e. The predicted octanol–water partition coefficient (Wildman–Crippen LogP) is 2.10. The van der Waals surface area contributed by atoms with Crippen LogP contribution >= 0.6 is 0 Å². The maximum atomic E-state index is 11.9. The Bertz CT molecular complexity index is 423. The van der Waals surface area contributed by atoms with Gasteiger partial charge in [0.2, 0.25) is 0 Å². The first-order chi connectivity index (χ1) is 9.33. The lowest BCUT2D eigenvalue weighted by Crippen LogP contribution is -2.49. The lowest BCUT2D eigenvalue weighted by Gasteiger charge is -2.34. The van der Waals surface area contributed by atoms with E-state index >= 15 is 0 Å². The molecule has 4 nitrogen and oxygen atoms in total. The molecule has 1 aliphatic heterocycles. The number of amides is 1. The highest BCUT2D eigenvalue weighted by atomic mass is 16.6. The molecule has 3 rings (SSSR count). The van der Waals surface area contributed by atoms with E-state index in [0.29, 0.717) is 6.61 Å². The zero-order valence-electron chi connectivity index (χ0n) is 11.1. The summed E-state index contributed by atoms with van der Waals surface area (Å²) in [4.78, 5) is 16.3. The van der Waals surface area contributed by atoms with E-state index in [9.17, 15) is 4.79 Å². The number of rotatable bonds is 3. The molecule has 1 heterocycles. The Hall–Kier alpha value is -1.55. The van der Waals surface area contributed by atoms with Gasteiger partial charge in [0.15, 0.2) is 0 Å². The summed E-state index contributed by atoms with van der Waals surface area (Å²) >= 11 is 0. The number of nitrogens with zero attached hydrogens (tertiary/aromatic N) is 2. The van der Waals surface area contributed by atoms with Crippen LogP contribution in [0.4, 0.5) is 4.79 Å². The standard InChI is InChI=1S/C15H20N2O2/c18-15(19-12-13-4-2-1-3-5-13)17-10-8-16(9-11-17)14-6-7-14/h1-5,14H,6-12H2. The number of hydrogen-bond donors (Lipinski definition) is 0. The topological polar surface area (TPSA) is 32.8 Å². The van der Waals surface area contributed by atoms with Gasteiger partial charge in [-0.1, -0.05) is 30.3 Å². The summed E-state index contributed by atoms with van der Waals surface area (Å²) in [5.41, 5.74) is 1.03. The molecule has 2 aliphatic rings. The second-order valence-electron chi connectivity index (χ2n) is 5.29. The summed E-state index contributed by atoms with van der Waals surface area (Å²) in [6, 6.07) is 10.6. The molecule has 0 aromatic heterocycles. The maximum absolute atomic E-state index is 11.9. The van der Waals surface area contributed by atoms with Crippen molar-refractivity contribution in [2.75, 3.05) is 26.2 Å². The van der Waals surface area contributed by atoms with Crippen molar-refractivity contribution in [3.63, 3.8) is 0 Å². The van der Waals surface area contributed by atoms with Gasteiger partial charge in [0.25, 0.3) is 0 Å². The zero-order chi connectivity index (χ0) is 13.1. The molecule has 1 aliphatic carbocycles. The number of benzene rings is 1. The highest BCUT2D eigenvalue weighted by molar-refractivity contribution is 5.67. The third-order valence-corrected chi connectivity index (χ3v) is 3.84. The molecule has 0 spiro atoms. The van der Waals surface area contributed by atoms with Gasteiger partial charge in [0.05, 0.1) is 0 Å². The first kappa shape index (κ1) is 12.5. The average Bonchev–Trinajstić information content (AvgIpc) is 3.31. The van der Waals surface area contributed by atoms with Crippen molar-refractivity contribution in [3.8, 4) is 0 Å². The molecule has 0 N–H and O–H groups in total. The molecule has 0 bridgehead atoms. The molecule has 19 heavy (non-hydrogen) atoms. The van der Waals surface area contributed by atoms with Crippen LogP contribution in [0.15, 0.2) is 30.3 Å². The van der Waals surface area contributed by atoms with Crippen LogP contribution in [0.1, 0.15) is 18.4 Å². The third-order valence-electron chi connectivity index (χ3n) is 3.84. The minimum absolute atomic E-state index is 0.181. The molecule has 1 aromatic carbocycles. The Labute approximate surface area is 113 Å². The van der Waals surface area contributed by atoms with Crippen molar-refractivity contribution in [2.24, 2.45) is 0 Å². The van der Waals surface area contributed by atoms with E-state index < -0.39 is 0 Å². The van der Waals surface area contributed by atoms with E-state index in [1.54, 1.807) is 0 Å². The lowest BCUT2D eigenvalue weighted by atomic mass is 10.2. The molecule has 0 unspecified atom stereocenters. The molecular weight excluding hydrogens is 240 g/mol. The summed E-state index contributed by atoms with van der Waals surface area (Å²) in [5.74, 6) is 0. The first-order valence-electron chi connectivity index (χ1n) is 7.02. The Kier molecular flexibility index (Phi) is 3.69. The van der Waals surface area contributed by atoms with Gasteiger partial charge in [-0.25, -0.2) is 4.79 Å². The first-order valence-corrected chi connectivity index (χ1v) is 7.02. The van der Waals surface area contributed by atoms with E-state index in [2.05, 4.69) is 4.90 Å². The normalized spacial score (nSPS) is 20.3. The second kappa shape index (κ2) is 5.61. The smallest absolute Gasteiger partial charge is 0.410 e. The van der Waals surface area contributed by atoms with Crippen LogP contribution in [0, 0.1) is 0 Å². The van der Waals surface area contributed by atoms with Gasteiger partial charge in [-0.2, -0.15) is 0 Å². The number of carbonyl (C=O) groups is 1. The van der Waals surface area contributed by atoms with Crippen molar-refractivity contribution in [3.05, 3.63) is 35.9 Å². The second-order valence-corrected chi connectivity index (χ2v) is 5.29. The summed E-state index contributed by atoms with van der Waals surface area (Å²) in [5, 5.41) is 0. The molecule has 102 valence electrons. The van der Waals surface area contributed by atoms with Crippen molar-refractivity contribution < 1.29 is 9.53 Å². The fourth-order valence-corrected chi connectivity index (χ4v) is 2.52. The van der Waals surface area contributed by atoms with Gasteiger partial charge in [0, 0.05) is 32.2 Å². The lowest BCUT2D eigenvalue weighted by molar-refractivity contribution is 0.0699. The molecule has 0 atom stereocenters. The monoisotopic (exact) mass is 260 g/mol. The minimum Gasteiger partial charge on any atom is -0.445 e. The highest BCUT2D eigenvalue weighted by Gasteiger charge is 2.32. The van der Waals surface area contributed by atoms with Gasteiger partial charge >= 0.3 is 6.09 Å². The molecular formula is C15H20N2O2. The average molecular weight is 260 g/mol. The SMILES string of the molecule is O=C(OCc1ccccc1)N1CCN(C2CC2)CC1. The zero-order valence-corrected chi connectivity index (χ0v) is 11.1. The number of carbonyl (C=O) groups excluding carboxylic acids is 1. The third kappa shape index (κ3) is 3.26. The molecule has 2 fully saturated rings. The minimum atomic E-state index is -0.181. The molecule has 1 amide bonds. The Morgan fingerprint density at radius 2 is 1.79 bits per heavy atom. The number of ether oxygens (including phenoxy) is 1. The fourth-order valence-electron chi connectivity index (χ4n) is 2.52. The van der Waals surface area contributed by atoms with E-state index in [-0.39, 0.29) is 6.09 Å². The van der Waals surface area contributed by atoms with Crippen LogP contribution < -0.4 is 0 Å². The number of piperazine rings is 1. The van der Waals surface area contributed by atoms with Gasteiger partial charge in [-0.15, -0.1) is 0 Å². The van der Waals surface area contributed by atoms with Gasteiger partial charge in [0.1, 0.15) is 6.61 Å². The fraction of sp³-hybridized carbons (Fsp3) is 0.533. The Morgan fingerprint density at radius 1 is 1.11 bits per heavy atom. The van der Waals surface area contributed by atoms with Crippen LogP contribution in [0.25, 0.3) is 0 Å². The van der Waals surface area contributed by atoms with Gasteiger partial charge < -0.3 is 9.64 Å². The van der Waals surface area contributed by atoms with Crippen molar-refractivity contribution >= 4 is 6.09 Å². The van der Waals surface area contributed by atoms with E-state index in [4.69, 9.17) is 4.74 Å². The predicted molar refractivity (Wildman–Crippen MR) is 72.8 cm³/mol. The summed E-state index contributed by atoms with van der Waals surface area (Å²) in [7, 11) is 0. The van der Waals surface area contributed by atoms with E-state index in [1.807, 2.05) is 35.2 Å². The maximum Gasteiger partial charge on any atom is 0.410 e. The van der Waals surface area contributed by atoms with Crippen molar-refractivity contribution in [2.45, 2.75) is 25.5 Å². The molecule has 0 radical (unpaired) electrons. The Balaban J connectivity index is 1.43. The molecule has 4 heteroatoms. The van der Waals surface area contributed by atoms with Crippen LogP contribution in [0.3, 0.4) is 0 Å². The van der Waals surface area contributed by atoms with Gasteiger partial charge in [-0.05, 0) is 18.4 Å². The summed E-state index contributed by atoms with van der Waals surface area (Å²) in [6.45, 7) is 3.94. The van der Waals surface area contributed by atoms with Crippen LogP contribution in [0.5, 0.6) is 0 Å². The van der Waals surface area contributed by atoms with Gasteiger partial charge in [-0.3, -0.25) is 4.90 Å². The molecule has 1 saturated carbocycles. The molecule has 1 aromatic rings. The number of hydrogen-bond acceptors (Lipinski definition) is 3. The van der Waals surface area contributed by atoms with E-state index in [1.165, 1.54) is 12.8 Å².